The molecular weight excluding hydrogens is 626 g/mol. The summed E-state index contributed by atoms with van der Waals surface area (Å²) >= 11 is 0. The Bertz CT molecular complexity index is 1890. The van der Waals surface area contributed by atoms with Gasteiger partial charge in [0.2, 0.25) is 0 Å². The highest BCUT2D eigenvalue weighted by Crippen LogP contribution is 2.49. The summed E-state index contributed by atoms with van der Waals surface area (Å²) < 4.78 is 12.6. The van der Waals surface area contributed by atoms with E-state index in [1.807, 2.05) is 24.3 Å². The molecule has 3 aromatic carbocycles. The SMILES string of the molecule is COC(=O)CCCCN1C(=O)[C@@](O)([C@@H](C)/C=C/CCn2cc(CCO)nn2)c2cc(N3C(=O)c4ccccc4Oc4ccccc43)ccc21. The van der Waals surface area contributed by atoms with Crippen LogP contribution in [0, 0.1) is 5.92 Å². The van der Waals surface area contributed by atoms with Crippen molar-refractivity contribution in [3.8, 4) is 11.5 Å². The number of aliphatic hydroxyl groups excluding tert-OH is 1. The number of methoxy groups -OCH3 is 1. The first-order chi connectivity index (χ1) is 23.8. The number of allylic oxidation sites excluding steroid dienone is 1. The molecule has 0 radical (unpaired) electrons. The van der Waals surface area contributed by atoms with Gasteiger partial charge >= 0.3 is 5.97 Å². The normalized spacial score (nSPS) is 17.4. The van der Waals surface area contributed by atoms with Crippen LogP contribution in [-0.4, -0.2) is 63.3 Å². The molecule has 0 bridgehead atoms. The van der Waals surface area contributed by atoms with Crippen LogP contribution in [0.2, 0.25) is 0 Å². The number of aliphatic hydroxyl groups is 2. The maximum Gasteiger partial charge on any atom is 0.305 e. The molecule has 0 saturated heterocycles. The number of esters is 1. The summed E-state index contributed by atoms with van der Waals surface area (Å²) in [5.41, 5.74) is 1.06. The molecule has 6 rings (SSSR count). The van der Waals surface area contributed by atoms with Crippen molar-refractivity contribution in [3.63, 3.8) is 0 Å². The number of amides is 2. The maximum atomic E-state index is 14.2. The highest BCUT2D eigenvalue weighted by atomic mass is 16.5. The Morgan fingerprint density at radius 2 is 1.80 bits per heavy atom. The van der Waals surface area contributed by atoms with Gasteiger partial charge in [-0.3, -0.25) is 24.0 Å². The van der Waals surface area contributed by atoms with E-state index in [9.17, 15) is 19.5 Å². The minimum Gasteiger partial charge on any atom is -0.469 e. The van der Waals surface area contributed by atoms with Crippen molar-refractivity contribution >= 4 is 34.8 Å². The van der Waals surface area contributed by atoms with Gasteiger partial charge in [-0.2, -0.15) is 0 Å². The molecule has 0 unspecified atom stereocenters. The molecule has 4 aromatic rings. The number of fused-ring (bicyclic) bond motifs is 3. The van der Waals surface area contributed by atoms with Crippen molar-refractivity contribution in [2.24, 2.45) is 5.92 Å². The Balaban J connectivity index is 1.34. The third kappa shape index (κ3) is 6.57. The Labute approximate surface area is 284 Å². The lowest BCUT2D eigenvalue weighted by atomic mass is 9.82. The molecule has 0 fully saturated rings. The summed E-state index contributed by atoms with van der Waals surface area (Å²) in [5, 5.41) is 29.7. The van der Waals surface area contributed by atoms with E-state index < -0.39 is 17.4 Å². The van der Waals surface area contributed by atoms with E-state index in [-0.39, 0.29) is 31.4 Å². The zero-order valence-corrected chi connectivity index (χ0v) is 27.5. The number of hydrogen-bond donors (Lipinski definition) is 2. The second-order valence-electron chi connectivity index (χ2n) is 12.1. The lowest BCUT2D eigenvalue weighted by molar-refractivity contribution is -0.140. The van der Waals surface area contributed by atoms with Crippen LogP contribution < -0.4 is 14.5 Å². The summed E-state index contributed by atoms with van der Waals surface area (Å²) in [4.78, 5) is 43.2. The lowest BCUT2D eigenvalue weighted by Crippen LogP contribution is -2.44. The first-order valence-electron chi connectivity index (χ1n) is 16.4. The van der Waals surface area contributed by atoms with Gasteiger partial charge < -0.3 is 24.6 Å². The molecule has 2 atom stereocenters. The maximum absolute atomic E-state index is 14.2. The van der Waals surface area contributed by atoms with Crippen LogP contribution in [0.25, 0.3) is 0 Å². The van der Waals surface area contributed by atoms with Crippen molar-refractivity contribution in [2.75, 3.05) is 30.1 Å². The summed E-state index contributed by atoms with van der Waals surface area (Å²) in [7, 11) is 1.34. The molecule has 2 N–H and O–H groups in total. The number of hydrogen-bond acceptors (Lipinski definition) is 9. The number of carbonyl (C=O) groups excluding carboxylic acids is 3. The Morgan fingerprint density at radius 3 is 2.59 bits per heavy atom. The van der Waals surface area contributed by atoms with Crippen LogP contribution >= 0.6 is 0 Å². The second-order valence-corrected chi connectivity index (χ2v) is 12.1. The van der Waals surface area contributed by atoms with Crippen LogP contribution in [0.1, 0.15) is 54.2 Å². The number of unbranched alkanes of at least 4 members (excludes halogenated alkanes) is 1. The molecule has 49 heavy (non-hydrogen) atoms. The summed E-state index contributed by atoms with van der Waals surface area (Å²) in [6.07, 6.45) is 7.75. The van der Waals surface area contributed by atoms with Gasteiger partial charge in [0.05, 0.1) is 29.7 Å². The van der Waals surface area contributed by atoms with Gasteiger partial charge in [0, 0.05) is 55.9 Å². The minimum absolute atomic E-state index is 0.00624. The van der Waals surface area contributed by atoms with Crippen LogP contribution in [0.4, 0.5) is 17.1 Å². The number of ether oxygens (including phenoxy) is 2. The van der Waals surface area contributed by atoms with Gasteiger partial charge in [0.15, 0.2) is 11.4 Å². The molecule has 0 aliphatic carbocycles. The van der Waals surface area contributed by atoms with Gasteiger partial charge in [0.1, 0.15) is 5.75 Å². The number of carbonyl (C=O) groups is 3. The summed E-state index contributed by atoms with van der Waals surface area (Å²) in [5.74, 6) is -0.829. The fraction of sp³-hybridized carbons (Fsp3) is 0.324. The van der Waals surface area contributed by atoms with Crippen molar-refractivity contribution in [3.05, 3.63) is 102 Å². The predicted octanol–water partition coefficient (Wildman–Crippen LogP) is 5.06. The van der Waals surface area contributed by atoms with Gasteiger partial charge in [0.25, 0.3) is 11.8 Å². The third-order valence-corrected chi connectivity index (χ3v) is 8.96. The number of benzene rings is 3. The van der Waals surface area contributed by atoms with E-state index in [4.69, 9.17) is 14.6 Å². The average molecular weight is 666 g/mol. The number of aryl methyl sites for hydroxylation is 1. The van der Waals surface area contributed by atoms with Crippen molar-refractivity contribution in [2.45, 2.75) is 51.2 Å². The highest BCUT2D eigenvalue weighted by molar-refractivity contribution is 6.15. The number of anilines is 3. The second kappa shape index (κ2) is 14.4. The molecule has 3 heterocycles. The largest absolute Gasteiger partial charge is 0.469 e. The molecule has 0 spiro atoms. The lowest BCUT2D eigenvalue weighted by Gasteiger charge is -2.28. The number of aromatic nitrogens is 3. The van der Waals surface area contributed by atoms with E-state index >= 15 is 0 Å². The predicted molar refractivity (Wildman–Crippen MR) is 182 cm³/mol. The van der Waals surface area contributed by atoms with Gasteiger partial charge in [-0.15, -0.1) is 5.10 Å². The van der Waals surface area contributed by atoms with Gasteiger partial charge in [-0.05, 0) is 61.7 Å². The zero-order chi connectivity index (χ0) is 34.5. The smallest absolute Gasteiger partial charge is 0.305 e. The molecule has 0 saturated carbocycles. The van der Waals surface area contributed by atoms with Crippen LogP contribution in [0.3, 0.4) is 0 Å². The number of para-hydroxylation sites is 3. The molecule has 1 aromatic heterocycles. The summed E-state index contributed by atoms with van der Waals surface area (Å²) in [6.45, 7) is 2.60. The molecule has 2 aliphatic rings. The standard InChI is InChI=1S/C37H39N5O7/c1-25(11-7-9-20-40-24-26(19-22-43)38-39-40)37(47)29-23-27(17-18-30(29)41(36(37)46)21-10-8-16-34(44)48-2)42-31-13-4-6-15-33(31)49-32-14-5-3-12-28(32)35(42)45/h3-7,11-15,17-18,23-25,43,47H,8-10,16,19-22H2,1-2H3/b11-7+/t25-,37+/m0/s1. The number of rotatable bonds is 13. The molecule has 12 heteroatoms. The van der Waals surface area contributed by atoms with Crippen LogP contribution in [-0.2, 0) is 32.9 Å². The van der Waals surface area contributed by atoms with E-state index in [1.54, 1.807) is 82.2 Å². The molecular formula is C37H39N5O7. The Morgan fingerprint density at radius 1 is 1.02 bits per heavy atom. The topological polar surface area (TPSA) is 147 Å². The third-order valence-electron chi connectivity index (χ3n) is 8.96. The van der Waals surface area contributed by atoms with Crippen molar-refractivity contribution in [1.82, 2.24) is 15.0 Å². The fourth-order valence-electron chi connectivity index (χ4n) is 6.33. The Hall–Kier alpha value is -5.33. The quantitative estimate of drug-likeness (QED) is 0.114. The highest BCUT2D eigenvalue weighted by Gasteiger charge is 2.52. The Kier molecular flexibility index (Phi) is 9.88. The van der Waals surface area contributed by atoms with Crippen LogP contribution in [0.15, 0.2) is 85.1 Å². The average Bonchev–Trinajstić information content (AvgIpc) is 3.61. The molecule has 254 valence electrons. The summed E-state index contributed by atoms with van der Waals surface area (Å²) in [6, 6.07) is 19.5. The van der Waals surface area contributed by atoms with Gasteiger partial charge in [-0.25, -0.2) is 0 Å². The molecule has 2 aliphatic heterocycles. The zero-order valence-electron chi connectivity index (χ0n) is 27.5. The molecule has 12 nitrogen and oxygen atoms in total. The minimum atomic E-state index is -1.94. The van der Waals surface area contributed by atoms with Crippen molar-refractivity contribution in [1.29, 1.82) is 0 Å². The van der Waals surface area contributed by atoms with E-state index in [0.717, 1.165) is 0 Å². The van der Waals surface area contributed by atoms with E-state index in [1.165, 1.54) is 7.11 Å². The monoisotopic (exact) mass is 665 g/mol. The fourth-order valence-corrected chi connectivity index (χ4v) is 6.33. The van der Waals surface area contributed by atoms with Crippen LogP contribution in [0.5, 0.6) is 11.5 Å². The first-order valence-corrected chi connectivity index (χ1v) is 16.4. The van der Waals surface area contributed by atoms with Gasteiger partial charge in [-0.1, -0.05) is 48.6 Å². The van der Waals surface area contributed by atoms with E-state index in [0.29, 0.717) is 77.6 Å². The molecule has 2 amide bonds. The van der Waals surface area contributed by atoms with E-state index in [2.05, 4.69) is 10.3 Å². The van der Waals surface area contributed by atoms with Crippen molar-refractivity contribution < 1.29 is 34.1 Å². The first kappa shape index (κ1) is 33.6. The number of nitrogens with zero attached hydrogens (tertiary/aromatic N) is 5.